The van der Waals surface area contributed by atoms with Crippen molar-refractivity contribution in [2.24, 2.45) is 5.92 Å². The highest BCUT2D eigenvalue weighted by Gasteiger charge is 2.25. The summed E-state index contributed by atoms with van der Waals surface area (Å²) in [5.41, 5.74) is 1.21. The number of amides is 1. The van der Waals surface area contributed by atoms with E-state index in [1.165, 1.54) is 54.3 Å². The van der Waals surface area contributed by atoms with Gasteiger partial charge in [0.25, 0.3) is 5.56 Å². The van der Waals surface area contributed by atoms with E-state index in [0.717, 1.165) is 42.3 Å². The molecule has 0 aliphatic heterocycles. The molecule has 0 spiro atoms. The number of aryl methyl sites for hydroxylation is 1. The van der Waals surface area contributed by atoms with Crippen LogP contribution in [0.1, 0.15) is 68.7 Å². The van der Waals surface area contributed by atoms with Crippen molar-refractivity contribution < 1.29 is 4.79 Å². The van der Waals surface area contributed by atoms with Gasteiger partial charge in [0, 0.05) is 17.5 Å². The van der Waals surface area contributed by atoms with E-state index < -0.39 is 0 Å². The number of hydrogen-bond donors (Lipinski definition) is 1. The molecule has 0 aromatic carbocycles. The first-order chi connectivity index (χ1) is 15.1. The Morgan fingerprint density at radius 2 is 2.00 bits per heavy atom. The van der Waals surface area contributed by atoms with Gasteiger partial charge in [0.2, 0.25) is 5.91 Å². The van der Waals surface area contributed by atoms with Gasteiger partial charge < -0.3 is 5.32 Å². The van der Waals surface area contributed by atoms with Gasteiger partial charge in [-0.25, -0.2) is 4.98 Å². The third-order valence-electron chi connectivity index (χ3n) is 6.49. The van der Waals surface area contributed by atoms with Gasteiger partial charge in [0.05, 0.1) is 11.1 Å². The molecule has 1 unspecified atom stereocenters. The van der Waals surface area contributed by atoms with Crippen LogP contribution in [0.15, 0.2) is 22.6 Å². The predicted octanol–water partition coefficient (Wildman–Crippen LogP) is 5.09. The molecule has 2 aliphatic rings. The Bertz CT molecular complexity index is 1000. The lowest BCUT2D eigenvalue weighted by Gasteiger charge is -2.21. The van der Waals surface area contributed by atoms with Crippen LogP contribution in [0.2, 0.25) is 0 Å². The number of thiophene rings is 1. The number of hydrogen-bond acceptors (Lipinski definition) is 5. The summed E-state index contributed by atoms with van der Waals surface area (Å²) in [6.07, 6.45) is 13.2. The smallest absolute Gasteiger partial charge is 0.263 e. The summed E-state index contributed by atoms with van der Waals surface area (Å²) in [6, 6.07) is 0.283. The second-order valence-electron chi connectivity index (χ2n) is 9.03. The Kier molecular flexibility index (Phi) is 7.54. The topological polar surface area (TPSA) is 64.0 Å². The molecule has 1 saturated carbocycles. The second kappa shape index (κ2) is 10.3. The number of carbonyl (C=O) groups excluding carboxylic acids is 1. The van der Waals surface area contributed by atoms with Crippen molar-refractivity contribution in [3.8, 4) is 0 Å². The van der Waals surface area contributed by atoms with Gasteiger partial charge in [-0.2, -0.15) is 0 Å². The van der Waals surface area contributed by atoms with E-state index in [1.54, 1.807) is 22.0 Å². The van der Waals surface area contributed by atoms with Crippen molar-refractivity contribution in [3.63, 3.8) is 0 Å². The molecule has 0 saturated heterocycles. The van der Waals surface area contributed by atoms with E-state index in [1.807, 2.05) is 0 Å². The summed E-state index contributed by atoms with van der Waals surface area (Å²) < 4.78 is 1.69. The van der Waals surface area contributed by atoms with E-state index in [9.17, 15) is 9.59 Å². The van der Waals surface area contributed by atoms with Crippen LogP contribution >= 0.6 is 23.1 Å². The lowest BCUT2D eigenvalue weighted by atomic mass is 9.89. The van der Waals surface area contributed by atoms with Gasteiger partial charge in [0.15, 0.2) is 5.16 Å². The van der Waals surface area contributed by atoms with E-state index in [4.69, 9.17) is 4.98 Å². The molecule has 2 heterocycles. The highest BCUT2D eigenvalue weighted by Crippen LogP contribution is 2.36. The lowest BCUT2D eigenvalue weighted by Crippen LogP contribution is -2.36. The summed E-state index contributed by atoms with van der Waals surface area (Å²) in [5.74, 6) is 0.976. The standard InChI is InChI=1S/C24H33N3O2S2/c1-3-13-27-23(29)21-18-12-11-16(2)14-19(18)31-22(21)26-24(27)30-15-20(28)25-17-9-7-5-4-6-8-10-17/h3,16-17H,1,4-15H2,2H3,(H,25,28). The van der Waals surface area contributed by atoms with E-state index in [-0.39, 0.29) is 23.3 Å². The summed E-state index contributed by atoms with van der Waals surface area (Å²) in [6.45, 7) is 6.50. The molecule has 1 atom stereocenters. The minimum atomic E-state index is 0.0138. The van der Waals surface area contributed by atoms with E-state index in [0.29, 0.717) is 17.6 Å². The largest absolute Gasteiger partial charge is 0.353 e. The molecular formula is C24H33N3O2S2. The zero-order valence-electron chi connectivity index (χ0n) is 18.5. The van der Waals surface area contributed by atoms with Gasteiger partial charge in [-0.1, -0.05) is 56.9 Å². The van der Waals surface area contributed by atoms with Crippen LogP contribution in [0, 0.1) is 5.92 Å². The number of fused-ring (bicyclic) bond motifs is 3. The molecule has 0 bridgehead atoms. The van der Waals surface area contributed by atoms with E-state index >= 15 is 0 Å². The quantitative estimate of drug-likeness (QED) is 0.371. The summed E-state index contributed by atoms with van der Waals surface area (Å²) in [7, 11) is 0. The zero-order chi connectivity index (χ0) is 21.8. The number of carbonyl (C=O) groups is 1. The number of nitrogens with one attached hydrogen (secondary N) is 1. The average Bonchev–Trinajstić information content (AvgIpc) is 3.08. The van der Waals surface area contributed by atoms with Gasteiger partial charge in [-0.3, -0.25) is 14.2 Å². The third-order valence-corrected chi connectivity index (χ3v) is 8.62. The number of rotatable bonds is 6. The minimum Gasteiger partial charge on any atom is -0.353 e. The van der Waals surface area contributed by atoms with Crippen LogP contribution in [0.5, 0.6) is 0 Å². The lowest BCUT2D eigenvalue weighted by molar-refractivity contribution is -0.119. The van der Waals surface area contributed by atoms with Crippen LogP contribution < -0.4 is 10.9 Å². The van der Waals surface area contributed by atoms with E-state index in [2.05, 4.69) is 18.8 Å². The highest BCUT2D eigenvalue weighted by molar-refractivity contribution is 7.99. The summed E-state index contributed by atoms with van der Waals surface area (Å²) in [4.78, 5) is 33.0. The molecule has 7 heteroatoms. The molecule has 1 fully saturated rings. The molecule has 2 aromatic heterocycles. The minimum absolute atomic E-state index is 0.0138. The predicted molar refractivity (Wildman–Crippen MR) is 130 cm³/mol. The second-order valence-corrected chi connectivity index (χ2v) is 11.1. The Morgan fingerprint density at radius 3 is 2.74 bits per heavy atom. The van der Waals surface area contributed by atoms with Crippen molar-refractivity contribution in [2.75, 3.05) is 5.75 Å². The third kappa shape index (κ3) is 5.25. The van der Waals surface area contributed by atoms with Crippen LogP contribution in [0.3, 0.4) is 0 Å². The molecule has 0 radical (unpaired) electrons. The van der Waals surface area contributed by atoms with Crippen molar-refractivity contribution in [1.29, 1.82) is 0 Å². The molecule has 5 nitrogen and oxygen atoms in total. The maximum absolute atomic E-state index is 13.4. The normalized spacial score (nSPS) is 20.1. The van der Waals surface area contributed by atoms with Crippen molar-refractivity contribution >= 4 is 39.2 Å². The Hall–Kier alpha value is -1.60. The molecule has 31 heavy (non-hydrogen) atoms. The van der Waals surface area contributed by atoms with Gasteiger partial charge in [-0.15, -0.1) is 17.9 Å². The Balaban J connectivity index is 1.52. The first-order valence-electron chi connectivity index (χ1n) is 11.6. The zero-order valence-corrected chi connectivity index (χ0v) is 20.1. The van der Waals surface area contributed by atoms with Gasteiger partial charge >= 0.3 is 0 Å². The Labute approximate surface area is 192 Å². The number of aromatic nitrogens is 2. The van der Waals surface area contributed by atoms with Gasteiger partial charge in [-0.05, 0) is 43.6 Å². The molecule has 4 rings (SSSR count). The highest BCUT2D eigenvalue weighted by atomic mass is 32.2. The molecule has 2 aromatic rings. The Morgan fingerprint density at radius 1 is 1.26 bits per heavy atom. The van der Waals surface area contributed by atoms with Crippen LogP contribution in [0.4, 0.5) is 0 Å². The van der Waals surface area contributed by atoms with Gasteiger partial charge in [0.1, 0.15) is 4.83 Å². The first kappa shape index (κ1) is 22.6. The summed E-state index contributed by atoms with van der Waals surface area (Å²) >= 11 is 3.03. The fraction of sp³-hybridized carbons (Fsp3) is 0.625. The molecular weight excluding hydrogens is 426 g/mol. The maximum atomic E-state index is 13.4. The average molecular weight is 460 g/mol. The van der Waals surface area contributed by atoms with Crippen molar-refractivity contribution in [1.82, 2.24) is 14.9 Å². The molecule has 1 N–H and O–H groups in total. The molecule has 1 amide bonds. The molecule has 168 valence electrons. The van der Waals surface area contributed by atoms with Crippen LogP contribution in [-0.2, 0) is 24.2 Å². The fourth-order valence-electron chi connectivity index (χ4n) is 4.80. The first-order valence-corrected chi connectivity index (χ1v) is 13.4. The van der Waals surface area contributed by atoms with Crippen molar-refractivity contribution in [2.45, 2.75) is 88.9 Å². The van der Waals surface area contributed by atoms with Crippen molar-refractivity contribution in [3.05, 3.63) is 33.4 Å². The van der Waals surface area contributed by atoms with Crippen LogP contribution in [0.25, 0.3) is 10.2 Å². The summed E-state index contributed by atoms with van der Waals surface area (Å²) in [5, 5.41) is 4.62. The molecule has 2 aliphatic carbocycles. The number of nitrogens with zero attached hydrogens (tertiary/aromatic N) is 2. The number of allylic oxidation sites excluding steroid dienone is 1. The monoisotopic (exact) mass is 459 g/mol. The maximum Gasteiger partial charge on any atom is 0.263 e. The fourth-order valence-corrected chi connectivity index (χ4v) is 7.05. The van der Waals surface area contributed by atoms with Crippen LogP contribution in [-0.4, -0.2) is 27.3 Å². The number of thioether (sulfide) groups is 1. The SMILES string of the molecule is C=CCn1c(SCC(=O)NC2CCCCCCC2)nc2sc3c(c2c1=O)CCC(C)C3.